The number of hydrogen-bond donors (Lipinski definition) is 0. The fourth-order valence-electron chi connectivity index (χ4n) is 2.67. The van der Waals surface area contributed by atoms with Crippen molar-refractivity contribution >= 4 is 11.9 Å². The molecule has 5 nitrogen and oxygen atoms in total. The summed E-state index contributed by atoms with van der Waals surface area (Å²) in [4.78, 5) is 25.0. The molecular formula is C17H29F2NO4. The lowest BCUT2D eigenvalue weighted by molar-refractivity contribution is -0.122. The number of ether oxygens (including phenoxy) is 2. The summed E-state index contributed by atoms with van der Waals surface area (Å²) in [5.74, 6) is -2.68. The van der Waals surface area contributed by atoms with E-state index in [1.807, 2.05) is 0 Å². The lowest BCUT2D eigenvalue weighted by Crippen LogP contribution is -2.51. The Hall–Kier alpha value is -1.24. The van der Waals surface area contributed by atoms with E-state index in [1.54, 1.807) is 27.7 Å². The summed E-state index contributed by atoms with van der Waals surface area (Å²) in [7, 11) is 0. The van der Waals surface area contributed by atoms with Crippen LogP contribution in [0.4, 0.5) is 13.6 Å². The van der Waals surface area contributed by atoms with Gasteiger partial charge in [-0.3, -0.25) is 9.69 Å². The van der Waals surface area contributed by atoms with Crippen molar-refractivity contribution in [2.45, 2.75) is 90.5 Å². The number of carbonyl (C=O) groups excluding carboxylic acids is 2. The highest BCUT2D eigenvalue weighted by atomic mass is 19.3. The molecule has 0 aromatic heterocycles. The zero-order valence-corrected chi connectivity index (χ0v) is 15.2. The van der Waals surface area contributed by atoms with E-state index in [1.165, 1.54) is 11.8 Å². The van der Waals surface area contributed by atoms with E-state index in [9.17, 15) is 18.4 Å². The molecule has 1 unspecified atom stereocenters. The molecule has 0 spiro atoms. The average Bonchev–Trinajstić information content (AvgIpc) is 2.38. The molecule has 0 saturated heterocycles. The Kier molecular flexibility index (Phi) is 7.13. The number of hydrogen-bond acceptors (Lipinski definition) is 4. The van der Waals surface area contributed by atoms with E-state index >= 15 is 0 Å². The second kappa shape index (κ2) is 8.23. The van der Waals surface area contributed by atoms with Crippen molar-refractivity contribution in [2.24, 2.45) is 0 Å². The quantitative estimate of drug-likeness (QED) is 0.676. The van der Waals surface area contributed by atoms with Crippen molar-refractivity contribution < 1.29 is 27.8 Å². The third-order valence-electron chi connectivity index (χ3n) is 3.89. The number of nitrogens with zero attached hydrogens (tertiary/aromatic N) is 1. The van der Waals surface area contributed by atoms with Gasteiger partial charge in [0.15, 0.2) is 0 Å². The van der Waals surface area contributed by atoms with Crippen LogP contribution in [0.2, 0.25) is 0 Å². The Morgan fingerprint density at radius 2 is 1.79 bits per heavy atom. The van der Waals surface area contributed by atoms with Crippen LogP contribution in [0.25, 0.3) is 0 Å². The molecule has 0 bridgehead atoms. The molecule has 7 heteroatoms. The molecule has 1 atom stereocenters. The van der Waals surface area contributed by atoms with Gasteiger partial charge in [0.05, 0.1) is 6.61 Å². The fourth-order valence-corrected chi connectivity index (χ4v) is 2.67. The maximum atomic E-state index is 13.4. The molecule has 1 rings (SSSR count). The highest BCUT2D eigenvalue weighted by molar-refractivity contribution is 5.75. The minimum atomic E-state index is -2.67. The molecule has 140 valence electrons. The fraction of sp³-hybridized carbons (Fsp3) is 0.882. The molecule has 1 aliphatic carbocycles. The van der Waals surface area contributed by atoms with Crippen LogP contribution >= 0.6 is 0 Å². The van der Waals surface area contributed by atoms with Gasteiger partial charge in [0.25, 0.3) is 0 Å². The molecule has 0 aliphatic heterocycles. The first kappa shape index (κ1) is 20.8. The van der Waals surface area contributed by atoms with Crippen molar-refractivity contribution in [1.82, 2.24) is 4.90 Å². The normalized spacial score (nSPS) is 19.6. The second-order valence-corrected chi connectivity index (χ2v) is 7.40. The van der Waals surface area contributed by atoms with Gasteiger partial charge in [0, 0.05) is 25.3 Å². The lowest BCUT2D eigenvalue weighted by Gasteiger charge is -2.40. The average molecular weight is 349 g/mol. The summed E-state index contributed by atoms with van der Waals surface area (Å²) in [5, 5.41) is 0. The molecule has 0 heterocycles. The van der Waals surface area contributed by atoms with Crippen LogP contribution < -0.4 is 0 Å². The predicted octanol–water partition coefficient (Wildman–Crippen LogP) is 4.14. The van der Waals surface area contributed by atoms with Crippen molar-refractivity contribution in [1.29, 1.82) is 0 Å². The van der Waals surface area contributed by atoms with Crippen molar-refractivity contribution in [3.8, 4) is 0 Å². The third kappa shape index (κ3) is 7.11. The molecule has 1 saturated carbocycles. The summed E-state index contributed by atoms with van der Waals surface area (Å²) < 4.78 is 37.8. The Balaban J connectivity index is 2.79. The first-order chi connectivity index (χ1) is 10.9. The largest absolute Gasteiger partial charge is 0.444 e. The number of ketones is 1. The Labute approximate surface area is 142 Å². The molecule has 1 aliphatic rings. The first-order valence-electron chi connectivity index (χ1n) is 8.41. The number of alkyl halides is 2. The van der Waals surface area contributed by atoms with E-state index in [2.05, 4.69) is 0 Å². The van der Waals surface area contributed by atoms with Crippen molar-refractivity contribution in [3.05, 3.63) is 0 Å². The van der Waals surface area contributed by atoms with E-state index in [-0.39, 0.29) is 50.5 Å². The molecule has 1 amide bonds. The van der Waals surface area contributed by atoms with Gasteiger partial charge in [-0.15, -0.1) is 0 Å². The zero-order chi connectivity index (χ0) is 18.5. The third-order valence-corrected chi connectivity index (χ3v) is 3.89. The molecule has 0 N–H and O–H groups in total. The van der Waals surface area contributed by atoms with Crippen LogP contribution in [-0.2, 0) is 14.3 Å². The second-order valence-electron chi connectivity index (χ2n) is 7.40. The Morgan fingerprint density at radius 1 is 1.25 bits per heavy atom. The van der Waals surface area contributed by atoms with E-state index in [0.717, 1.165) is 0 Å². The van der Waals surface area contributed by atoms with Gasteiger partial charge in [0.1, 0.15) is 17.6 Å². The van der Waals surface area contributed by atoms with Crippen LogP contribution in [0.15, 0.2) is 0 Å². The lowest BCUT2D eigenvalue weighted by atomic mass is 9.91. The summed E-state index contributed by atoms with van der Waals surface area (Å²) >= 11 is 0. The highest BCUT2D eigenvalue weighted by Gasteiger charge is 2.41. The Bertz CT molecular complexity index is 438. The van der Waals surface area contributed by atoms with Gasteiger partial charge < -0.3 is 9.47 Å². The van der Waals surface area contributed by atoms with Gasteiger partial charge in [-0.05, 0) is 47.5 Å². The number of halogens is 2. The summed E-state index contributed by atoms with van der Waals surface area (Å²) in [6, 6.07) is -0.355. The van der Waals surface area contributed by atoms with Gasteiger partial charge in [0.2, 0.25) is 5.92 Å². The number of Topliss-reactive ketones (excluding diaryl/α,β-unsaturated/α-hetero) is 1. The van der Waals surface area contributed by atoms with E-state index in [4.69, 9.17) is 9.47 Å². The van der Waals surface area contributed by atoms with Crippen LogP contribution in [-0.4, -0.2) is 47.2 Å². The number of carbonyl (C=O) groups is 2. The van der Waals surface area contributed by atoms with Gasteiger partial charge in [-0.25, -0.2) is 13.6 Å². The zero-order valence-electron chi connectivity index (χ0n) is 15.2. The van der Waals surface area contributed by atoms with Crippen LogP contribution in [0.3, 0.4) is 0 Å². The van der Waals surface area contributed by atoms with Crippen LogP contribution in [0.1, 0.15) is 66.7 Å². The smallest absolute Gasteiger partial charge is 0.412 e. The maximum absolute atomic E-state index is 13.4. The first-order valence-corrected chi connectivity index (χ1v) is 8.41. The van der Waals surface area contributed by atoms with Crippen LogP contribution in [0.5, 0.6) is 0 Å². The SMILES string of the molecule is CC(=O)CCOC(C)N(C(=O)OC(C)(C)C)C1CCC(F)(F)CC1. The molecule has 0 aromatic rings. The summed E-state index contributed by atoms with van der Waals surface area (Å²) in [6.45, 7) is 8.57. The van der Waals surface area contributed by atoms with E-state index < -0.39 is 23.8 Å². The van der Waals surface area contributed by atoms with Crippen molar-refractivity contribution in [3.63, 3.8) is 0 Å². The van der Waals surface area contributed by atoms with Gasteiger partial charge in [-0.1, -0.05) is 0 Å². The molecule has 24 heavy (non-hydrogen) atoms. The topological polar surface area (TPSA) is 55.8 Å². The monoisotopic (exact) mass is 349 g/mol. The minimum Gasteiger partial charge on any atom is -0.444 e. The van der Waals surface area contributed by atoms with E-state index in [0.29, 0.717) is 0 Å². The minimum absolute atomic E-state index is 0.0108. The Morgan fingerprint density at radius 3 is 2.25 bits per heavy atom. The maximum Gasteiger partial charge on any atom is 0.412 e. The predicted molar refractivity (Wildman–Crippen MR) is 86.0 cm³/mol. The van der Waals surface area contributed by atoms with Crippen molar-refractivity contribution in [2.75, 3.05) is 6.61 Å². The molecule has 1 fully saturated rings. The number of rotatable bonds is 6. The molecule has 0 radical (unpaired) electrons. The molecular weight excluding hydrogens is 320 g/mol. The molecule has 0 aromatic carbocycles. The van der Waals surface area contributed by atoms with Crippen LogP contribution in [0, 0.1) is 0 Å². The number of amides is 1. The van der Waals surface area contributed by atoms with Gasteiger partial charge >= 0.3 is 6.09 Å². The van der Waals surface area contributed by atoms with Gasteiger partial charge in [-0.2, -0.15) is 0 Å². The summed E-state index contributed by atoms with van der Waals surface area (Å²) in [5.41, 5.74) is -0.687. The highest BCUT2D eigenvalue weighted by Crippen LogP contribution is 2.36. The summed E-state index contributed by atoms with van der Waals surface area (Å²) in [6.07, 6.45) is -1.08. The standard InChI is InChI=1S/C17H29F2NO4/c1-12(21)8-11-23-13(2)20(15(22)24-16(3,4)5)14-6-9-17(18,19)10-7-14/h13-14H,6-11H2,1-5H3.